The number of benzene rings is 1. The Hall–Kier alpha value is -0.340. The summed E-state index contributed by atoms with van der Waals surface area (Å²) in [4.78, 5) is 10.5. The van der Waals surface area contributed by atoms with Gasteiger partial charge < -0.3 is 0 Å². The molecule has 0 aliphatic carbocycles. The van der Waals surface area contributed by atoms with Crippen molar-refractivity contribution >= 4 is 33.8 Å². The van der Waals surface area contributed by atoms with Crippen LogP contribution in [0.4, 0.5) is 0 Å². The molecule has 0 radical (unpaired) electrons. The molecular formula is C8H6BrClO. The summed E-state index contributed by atoms with van der Waals surface area (Å²) < 4.78 is 0.797. The lowest BCUT2D eigenvalue weighted by molar-refractivity contribution is 0.112. The van der Waals surface area contributed by atoms with Crippen LogP contribution in [-0.4, -0.2) is 6.29 Å². The van der Waals surface area contributed by atoms with Gasteiger partial charge in [0.2, 0.25) is 0 Å². The number of alkyl halides is 1. The van der Waals surface area contributed by atoms with Crippen LogP contribution in [0, 0.1) is 0 Å². The third kappa shape index (κ3) is 1.82. The minimum atomic E-state index is 0.369. The summed E-state index contributed by atoms with van der Waals surface area (Å²) in [6, 6.07) is 5.51. The third-order valence-electron chi connectivity index (χ3n) is 1.41. The fourth-order valence-corrected chi connectivity index (χ4v) is 1.56. The first-order valence-corrected chi connectivity index (χ1v) is 4.41. The van der Waals surface area contributed by atoms with Crippen molar-refractivity contribution in [3.63, 3.8) is 0 Å². The minimum absolute atomic E-state index is 0.369. The zero-order valence-electron chi connectivity index (χ0n) is 5.68. The van der Waals surface area contributed by atoms with Gasteiger partial charge in [-0.25, -0.2) is 0 Å². The second-order valence-electron chi connectivity index (χ2n) is 2.06. The maximum atomic E-state index is 10.5. The van der Waals surface area contributed by atoms with Crippen molar-refractivity contribution < 1.29 is 4.79 Å². The molecule has 58 valence electrons. The molecule has 0 bridgehead atoms. The van der Waals surface area contributed by atoms with Gasteiger partial charge in [0.25, 0.3) is 0 Å². The Balaban J connectivity index is 3.24. The first kappa shape index (κ1) is 8.75. The zero-order valence-corrected chi connectivity index (χ0v) is 8.02. The standard InChI is InChI=1S/C8H6BrClO/c9-8-3-1-2-6(4-10)7(8)5-11/h1-3,5H,4H2. The van der Waals surface area contributed by atoms with Gasteiger partial charge in [-0.1, -0.05) is 28.1 Å². The molecule has 0 saturated carbocycles. The minimum Gasteiger partial charge on any atom is -0.298 e. The summed E-state index contributed by atoms with van der Waals surface area (Å²) >= 11 is 8.86. The highest BCUT2D eigenvalue weighted by atomic mass is 79.9. The van der Waals surface area contributed by atoms with E-state index in [1.54, 1.807) is 0 Å². The van der Waals surface area contributed by atoms with E-state index in [4.69, 9.17) is 11.6 Å². The van der Waals surface area contributed by atoms with Crippen LogP contribution in [0.1, 0.15) is 15.9 Å². The molecule has 0 amide bonds. The van der Waals surface area contributed by atoms with E-state index in [1.807, 2.05) is 18.2 Å². The van der Waals surface area contributed by atoms with Crippen molar-refractivity contribution in [1.29, 1.82) is 0 Å². The molecule has 1 rings (SSSR count). The van der Waals surface area contributed by atoms with Crippen LogP contribution in [0.15, 0.2) is 22.7 Å². The normalized spacial score (nSPS) is 9.64. The largest absolute Gasteiger partial charge is 0.298 e. The Morgan fingerprint density at radius 2 is 2.27 bits per heavy atom. The fourth-order valence-electron chi connectivity index (χ4n) is 0.830. The molecule has 1 nitrogen and oxygen atoms in total. The van der Waals surface area contributed by atoms with Crippen molar-refractivity contribution in [1.82, 2.24) is 0 Å². The smallest absolute Gasteiger partial charge is 0.151 e. The number of hydrogen-bond donors (Lipinski definition) is 0. The zero-order chi connectivity index (χ0) is 8.27. The van der Waals surface area contributed by atoms with Crippen molar-refractivity contribution in [2.24, 2.45) is 0 Å². The highest BCUT2D eigenvalue weighted by Crippen LogP contribution is 2.19. The van der Waals surface area contributed by atoms with E-state index >= 15 is 0 Å². The fraction of sp³-hybridized carbons (Fsp3) is 0.125. The summed E-state index contributed by atoms with van der Waals surface area (Å²) in [6.07, 6.45) is 0.807. The Morgan fingerprint density at radius 1 is 1.55 bits per heavy atom. The van der Waals surface area contributed by atoms with Crippen LogP contribution in [0.5, 0.6) is 0 Å². The summed E-state index contributed by atoms with van der Waals surface area (Å²) in [6.45, 7) is 0. The maximum Gasteiger partial charge on any atom is 0.151 e. The van der Waals surface area contributed by atoms with Gasteiger partial charge in [-0.15, -0.1) is 11.6 Å². The molecule has 0 heterocycles. The number of rotatable bonds is 2. The molecule has 0 aliphatic heterocycles. The first-order chi connectivity index (χ1) is 5.29. The molecule has 0 aromatic heterocycles. The quantitative estimate of drug-likeness (QED) is 0.567. The first-order valence-electron chi connectivity index (χ1n) is 3.08. The lowest BCUT2D eigenvalue weighted by Gasteiger charge is -2.00. The van der Waals surface area contributed by atoms with Gasteiger partial charge in [0.15, 0.2) is 6.29 Å². The van der Waals surface area contributed by atoms with Crippen molar-refractivity contribution in [2.45, 2.75) is 5.88 Å². The summed E-state index contributed by atoms with van der Waals surface area (Å²) in [5.41, 5.74) is 1.50. The van der Waals surface area contributed by atoms with Crippen LogP contribution in [-0.2, 0) is 5.88 Å². The van der Waals surface area contributed by atoms with Crippen molar-refractivity contribution in [3.05, 3.63) is 33.8 Å². The lowest BCUT2D eigenvalue weighted by Crippen LogP contribution is -1.89. The Labute approximate surface area is 78.5 Å². The average molecular weight is 233 g/mol. The second kappa shape index (κ2) is 3.88. The SMILES string of the molecule is O=Cc1c(Br)cccc1CCl. The predicted octanol–water partition coefficient (Wildman–Crippen LogP) is 3.00. The molecule has 0 unspecified atom stereocenters. The van der Waals surface area contributed by atoms with E-state index in [2.05, 4.69) is 15.9 Å². The third-order valence-corrected chi connectivity index (χ3v) is 2.38. The molecular weight excluding hydrogens is 227 g/mol. The number of carbonyl (C=O) groups is 1. The van der Waals surface area contributed by atoms with Gasteiger partial charge in [-0.2, -0.15) is 0 Å². The van der Waals surface area contributed by atoms with Crippen LogP contribution >= 0.6 is 27.5 Å². The molecule has 1 aromatic rings. The Morgan fingerprint density at radius 3 is 2.73 bits per heavy atom. The number of aldehydes is 1. The maximum absolute atomic E-state index is 10.5. The van der Waals surface area contributed by atoms with Crippen LogP contribution in [0.3, 0.4) is 0 Å². The lowest BCUT2D eigenvalue weighted by atomic mass is 10.1. The highest BCUT2D eigenvalue weighted by Gasteiger charge is 2.02. The molecule has 0 fully saturated rings. The van der Waals surface area contributed by atoms with E-state index in [0.29, 0.717) is 11.4 Å². The van der Waals surface area contributed by atoms with Gasteiger partial charge in [0.05, 0.1) is 0 Å². The van der Waals surface area contributed by atoms with Crippen molar-refractivity contribution in [2.75, 3.05) is 0 Å². The van der Waals surface area contributed by atoms with E-state index < -0.39 is 0 Å². The monoisotopic (exact) mass is 232 g/mol. The van der Waals surface area contributed by atoms with Crippen molar-refractivity contribution in [3.8, 4) is 0 Å². The number of halogens is 2. The van der Waals surface area contributed by atoms with Gasteiger partial charge in [-0.3, -0.25) is 4.79 Å². The summed E-state index contributed by atoms with van der Waals surface area (Å²) in [5.74, 6) is 0.369. The predicted molar refractivity (Wildman–Crippen MR) is 49.1 cm³/mol. The van der Waals surface area contributed by atoms with Crippen LogP contribution < -0.4 is 0 Å². The van der Waals surface area contributed by atoms with Crippen LogP contribution in [0.25, 0.3) is 0 Å². The van der Waals surface area contributed by atoms with Crippen LogP contribution in [0.2, 0.25) is 0 Å². The van der Waals surface area contributed by atoms with Gasteiger partial charge in [-0.05, 0) is 11.6 Å². The summed E-state index contributed by atoms with van der Waals surface area (Å²) in [5, 5.41) is 0. The van der Waals surface area contributed by atoms with Gasteiger partial charge in [0, 0.05) is 15.9 Å². The molecule has 11 heavy (non-hydrogen) atoms. The molecule has 0 aliphatic rings. The molecule has 1 aromatic carbocycles. The summed E-state index contributed by atoms with van der Waals surface area (Å²) in [7, 11) is 0. The highest BCUT2D eigenvalue weighted by molar-refractivity contribution is 9.10. The molecule has 0 spiro atoms. The van der Waals surface area contributed by atoms with E-state index in [1.165, 1.54) is 0 Å². The van der Waals surface area contributed by atoms with Gasteiger partial charge in [0.1, 0.15) is 0 Å². The number of carbonyl (C=O) groups excluding carboxylic acids is 1. The van der Waals surface area contributed by atoms with E-state index in [9.17, 15) is 4.79 Å². The number of hydrogen-bond acceptors (Lipinski definition) is 1. The molecule has 0 atom stereocenters. The van der Waals surface area contributed by atoms with Gasteiger partial charge >= 0.3 is 0 Å². The molecule has 3 heteroatoms. The Kier molecular flexibility index (Phi) is 3.09. The Bertz CT molecular complexity index is 273. The molecule has 0 saturated heterocycles. The van der Waals surface area contributed by atoms with E-state index in [0.717, 1.165) is 16.3 Å². The van der Waals surface area contributed by atoms with E-state index in [-0.39, 0.29) is 0 Å². The second-order valence-corrected chi connectivity index (χ2v) is 3.19. The molecule has 0 N–H and O–H groups in total. The average Bonchev–Trinajstić information content (AvgIpc) is 2.04. The topological polar surface area (TPSA) is 17.1 Å².